The maximum Gasteiger partial charge on any atom is 0.110 e. The molecule has 0 aliphatic carbocycles. The molecule has 0 radical (unpaired) electrons. The second-order valence-electron chi connectivity index (χ2n) is 5.59. The average molecular weight is 285 g/mol. The van der Waals surface area contributed by atoms with E-state index in [1.54, 1.807) is 0 Å². The van der Waals surface area contributed by atoms with Crippen LogP contribution in [0, 0.1) is 6.92 Å². The van der Waals surface area contributed by atoms with Gasteiger partial charge in [-0.2, -0.15) is 0 Å². The molecular weight excluding hydrogens is 262 g/mol. The first-order valence-corrected chi connectivity index (χ1v) is 7.49. The van der Waals surface area contributed by atoms with Crippen molar-refractivity contribution in [3.63, 3.8) is 0 Å². The van der Waals surface area contributed by atoms with Crippen molar-refractivity contribution in [2.75, 3.05) is 33.2 Å². The van der Waals surface area contributed by atoms with Crippen molar-refractivity contribution >= 4 is 0 Å². The van der Waals surface area contributed by atoms with Gasteiger partial charge in [0, 0.05) is 31.9 Å². The standard InChI is InChI=1S/C16H23N5/c1-14-17-12-16(21(14)15-6-4-3-5-7-15)13-18-20-10-8-19(2)9-11-20/h3-7,12,18H,8-11,13H2,1-2H3. The van der Waals surface area contributed by atoms with Crippen molar-refractivity contribution in [2.45, 2.75) is 13.5 Å². The summed E-state index contributed by atoms with van der Waals surface area (Å²) in [5, 5.41) is 2.30. The zero-order valence-corrected chi connectivity index (χ0v) is 12.8. The normalized spacial score (nSPS) is 17.2. The first-order chi connectivity index (χ1) is 10.2. The van der Waals surface area contributed by atoms with Crippen LogP contribution in [0.3, 0.4) is 0 Å². The van der Waals surface area contributed by atoms with Crippen molar-refractivity contribution < 1.29 is 0 Å². The summed E-state index contributed by atoms with van der Waals surface area (Å²) in [5.41, 5.74) is 5.89. The quantitative estimate of drug-likeness (QED) is 0.922. The Kier molecular flexibility index (Phi) is 4.34. The number of piperazine rings is 1. The van der Waals surface area contributed by atoms with Gasteiger partial charge in [0.1, 0.15) is 5.82 Å². The summed E-state index contributed by atoms with van der Waals surface area (Å²) in [4.78, 5) is 6.82. The molecule has 3 rings (SSSR count). The molecule has 1 aromatic carbocycles. The number of nitrogens with zero attached hydrogens (tertiary/aromatic N) is 4. The van der Waals surface area contributed by atoms with Gasteiger partial charge in [-0.05, 0) is 26.1 Å². The van der Waals surface area contributed by atoms with E-state index in [0.717, 1.165) is 38.5 Å². The van der Waals surface area contributed by atoms with E-state index in [1.807, 2.05) is 19.2 Å². The molecule has 112 valence electrons. The van der Waals surface area contributed by atoms with Crippen LogP contribution in [-0.4, -0.2) is 52.7 Å². The van der Waals surface area contributed by atoms with Crippen LogP contribution < -0.4 is 5.43 Å². The fraction of sp³-hybridized carbons (Fsp3) is 0.438. The molecule has 1 saturated heterocycles. The number of aryl methyl sites for hydroxylation is 1. The number of para-hydroxylation sites is 1. The van der Waals surface area contributed by atoms with Gasteiger partial charge in [-0.3, -0.25) is 4.57 Å². The SMILES string of the molecule is Cc1ncc(CNN2CCN(C)CC2)n1-c1ccccc1. The lowest BCUT2D eigenvalue weighted by Gasteiger charge is -2.32. The fourth-order valence-corrected chi connectivity index (χ4v) is 2.70. The van der Waals surface area contributed by atoms with Crippen LogP contribution in [0.1, 0.15) is 11.5 Å². The topological polar surface area (TPSA) is 36.3 Å². The lowest BCUT2D eigenvalue weighted by Crippen LogP contribution is -2.50. The number of hydrazine groups is 1. The summed E-state index contributed by atoms with van der Waals surface area (Å²) in [6.07, 6.45) is 1.96. The summed E-state index contributed by atoms with van der Waals surface area (Å²) < 4.78 is 2.21. The molecule has 1 aliphatic heterocycles. The third-order valence-electron chi connectivity index (χ3n) is 4.01. The maximum absolute atomic E-state index is 4.46. The Morgan fingerprint density at radius 3 is 2.52 bits per heavy atom. The van der Waals surface area contributed by atoms with Crippen molar-refractivity contribution in [1.29, 1.82) is 0 Å². The maximum atomic E-state index is 4.46. The van der Waals surface area contributed by atoms with Crippen molar-refractivity contribution in [1.82, 2.24) is 24.9 Å². The van der Waals surface area contributed by atoms with E-state index in [4.69, 9.17) is 0 Å². The van der Waals surface area contributed by atoms with E-state index >= 15 is 0 Å². The van der Waals surface area contributed by atoms with E-state index in [0.29, 0.717) is 0 Å². The molecule has 0 amide bonds. The third-order valence-corrected chi connectivity index (χ3v) is 4.01. The highest BCUT2D eigenvalue weighted by atomic mass is 15.5. The number of hydrogen-bond donors (Lipinski definition) is 1. The van der Waals surface area contributed by atoms with E-state index in [1.165, 1.54) is 11.4 Å². The van der Waals surface area contributed by atoms with Crippen molar-refractivity contribution in [2.24, 2.45) is 0 Å². The molecule has 0 unspecified atom stereocenters. The van der Waals surface area contributed by atoms with Gasteiger partial charge in [-0.1, -0.05) is 18.2 Å². The third kappa shape index (κ3) is 3.32. The Balaban J connectivity index is 1.69. The van der Waals surface area contributed by atoms with Crippen LogP contribution in [0.2, 0.25) is 0 Å². The van der Waals surface area contributed by atoms with Gasteiger partial charge >= 0.3 is 0 Å². The number of imidazole rings is 1. The zero-order valence-electron chi connectivity index (χ0n) is 12.8. The van der Waals surface area contributed by atoms with Gasteiger partial charge in [0.2, 0.25) is 0 Å². The van der Waals surface area contributed by atoms with Crippen LogP contribution >= 0.6 is 0 Å². The van der Waals surface area contributed by atoms with Crippen molar-refractivity contribution in [3.8, 4) is 5.69 Å². The molecule has 0 spiro atoms. The number of rotatable bonds is 4. The van der Waals surface area contributed by atoms with E-state index < -0.39 is 0 Å². The Bertz CT molecular complexity index is 570. The number of benzene rings is 1. The predicted octanol–water partition coefficient (Wildman–Crippen LogP) is 1.43. The Hall–Kier alpha value is -1.69. The molecule has 5 heteroatoms. The smallest absolute Gasteiger partial charge is 0.110 e. The average Bonchev–Trinajstić information content (AvgIpc) is 2.88. The first kappa shape index (κ1) is 14.3. The molecule has 0 saturated carbocycles. The minimum atomic E-state index is 0.805. The van der Waals surface area contributed by atoms with Crippen LogP contribution in [0.4, 0.5) is 0 Å². The zero-order chi connectivity index (χ0) is 14.7. The van der Waals surface area contributed by atoms with Crippen LogP contribution in [0.5, 0.6) is 0 Å². The van der Waals surface area contributed by atoms with E-state index in [9.17, 15) is 0 Å². The minimum absolute atomic E-state index is 0.805. The highest BCUT2D eigenvalue weighted by Crippen LogP contribution is 2.14. The molecule has 0 atom stereocenters. The molecule has 1 aromatic heterocycles. The number of aromatic nitrogens is 2. The number of likely N-dealkylation sites (N-methyl/N-ethyl adjacent to an activating group) is 1. The summed E-state index contributed by atoms with van der Waals surface area (Å²) in [6.45, 7) is 7.21. The van der Waals surface area contributed by atoms with E-state index in [-0.39, 0.29) is 0 Å². The second-order valence-corrected chi connectivity index (χ2v) is 5.59. The van der Waals surface area contributed by atoms with Gasteiger partial charge in [-0.15, -0.1) is 0 Å². The summed E-state index contributed by atoms with van der Waals surface area (Å²) >= 11 is 0. The van der Waals surface area contributed by atoms with Gasteiger partial charge in [0.25, 0.3) is 0 Å². The molecule has 2 heterocycles. The number of hydrogen-bond acceptors (Lipinski definition) is 4. The fourth-order valence-electron chi connectivity index (χ4n) is 2.70. The molecule has 1 N–H and O–H groups in total. The molecule has 1 fully saturated rings. The van der Waals surface area contributed by atoms with Crippen LogP contribution in [0.15, 0.2) is 36.5 Å². The highest BCUT2D eigenvalue weighted by Gasteiger charge is 2.14. The first-order valence-electron chi connectivity index (χ1n) is 7.49. The van der Waals surface area contributed by atoms with Gasteiger partial charge < -0.3 is 4.90 Å². The number of nitrogens with one attached hydrogen (secondary N) is 1. The Morgan fingerprint density at radius 2 is 1.81 bits per heavy atom. The van der Waals surface area contributed by atoms with Gasteiger partial charge in [0.05, 0.1) is 18.4 Å². The van der Waals surface area contributed by atoms with Gasteiger partial charge in [-0.25, -0.2) is 15.4 Å². The lowest BCUT2D eigenvalue weighted by atomic mass is 10.3. The van der Waals surface area contributed by atoms with Crippen molar-refractivity contribution in [3.05, 3.63) is 48.0 Å². The summed E-state index contributed by atoms with van der Waals surface area (Å²) in [5.74, 6) is 1.02. The highest BCUT2D eigenvalue weighted by molar-refractivity contribution is 5.35. The Labute approximate surface area is 126 Å². The van der Waals surface area contributed by atoms with Gasteiger partial charge in [0.15, 0.2) is 0 Å². The Morgan fingerprint density at radius 1 is 1.10 bits per heavy atom. The summed E-state index contributed by atoms with van der Waals surface area (Å²) in [6, 6.07) is 10.4. The second kappa shape index (κ2) is 6.39. The predicted molar refractivity (Wildman–Crippen MR) is 84.2 cm³/mol. The van der Waals surface area contributed by atoms with Crippen LogP contribution in [0.25, 0.3) is 5.69 Å². The molecular formula is C16H23N5. The lowest BCUT2D eigenvalue weighted by molar-refractivity contribution is 0.101. The summed E-state index contributed by atoms with van der Waals surface area (Å²) in [7, 11) is 2.17. The van der Waals surface area contributed by atoms with Crippen LogP contribution in [-0.2, 0) is 6.54 Å². The molecule has 0 bridgehead atoms. The molecule has 21 heavy (non-hydrogen) atoms. The molecule has 2 aromatic rings. The minimum Gasteiger partial charge on any atom is -0.304 e. The van der Waals surface area contributed by atoms with E-state index in [2.05, 4.69) is 56.2 Å². The monoisotopic (exact) mass is 285 g/mol. The molecule has 1 aliphatic rings. The molecule has 5 nitrogen and oxygen atoms in total. The largest absolute Gasteiger partial charge is 0.304 e.